The SMILES string of the molecule is CC(C)Oc1ccc(NC(=O)c2csc(CCN)n2)c(F)c1. The van der Waals surface area contributed by atoms with Gasteiger partial charge in [-0.1, -0.05) is 0 Å². The molecule has 0 radical (unpaired) electrons. The van der Waals surface area contributed by atoms with E-state index in [9.17, 15) is 9.18 Å². The maximum absolute atomic E-state index is 14.0. The molecule has 0 bridgehead atoms. The molecule has 1 amide bonds. The highest BCUT2D eigenvalue weighted by atomic mass is 32.1. The topological polar surface area (TPSA) is 77.2 Å². The van der Waals surface area contributed by atoms with Gasteiger partial charge < -0.3 is 15.8 Å². The van der Waals surface area contributed by atoms with Crippen molar-refractivity contribution in [2.75, 3.05) is 11.9 Å². The molecule has 0 saturated heterocycles. The zero-order valence-corrected chi connectivity index (χ0v) is 13.2. The van der Waals surface area contributed by atoms with Crippen LogP contribution in [0.5, 0.6) is 5.75 Å². The van der Waals surface area contributed by atoms with Gasteiger partial charge in [0.05, 0.1) is 16.8 Å². The Hall–Kier alpha value is -1.99. The lowest BCUT2D eigenvalue weighted by atomic mass is 10.2. The van der Waals surface area contributed by atoms with Crippen molar-refractivity contribution >= 4 is 22.9 Å². The lowest BCUT2D eigenvalue weighted by molar-refractivity contribution is 0.102. The van der Waals surface area contributed by atoms with Gasteiger partial charge in [0, 0.05) is 17.9 Å². The molecule has 118 valence electrons. The van der Waals surface area contributed by atoms with Crippen LogP contribution in [0.15, 0.2) is 23.6 Å². The number of ether oxygens (including phenoxy) is 1. The highest BCUT2D eigenvalue weighted by Crippen LogP contribution is 2.22. The van der Waals surface area contributed by atoms with Gasteiger partial charge in [-0.3, -0.25) is 4.79 Å². The molecule has 0 unspecified atom stereocenters. The predicted octanol–water partition coefficient (Wildman–Crippen LogP) is 2.82. The highest BCUT2D eigenvalue weighted by Gasteiger charge is 2.13. The van der Waals surface area contributed by atoms with Gasteiger partial charge in [-0.2, -0.15) is 0 Å². The Bertz CT molecular complexity index is 658. The normalized spacial score (nSPS) is 10.8. The Morgan fingerprint density at radius 2 is 2.27 bits per heavy atom. The van der Waals surface area contributed by atoms with E-state index >= 15 is 0 Å². The Morgan fingerprint density at radius 3 is 2.91 bits per heavy atom. The fourth-order valence-electron chi connectivity index (χ4n) is 1.78. The molecule has 0 saturated carbocycles. The molecule has 22 heavy (non-hydrogen) atoms. The first kappa shape index (κ1) is 16.4. The van der Waals surface area contributed by atoms with Crippen LogP contribution < -0.4 is 15.8 Å². The van der Waals surface area contributed by atoms with Crippen molar-refractivity contribution in [2.24, 2.45) is 5.73 Å². The molecular formula is C15H18FN3O2S. The summed E-state index contributed by atoms with van der Waals surface area (Å²) < 4.78 is 19.4. The number of carbonyl (C=O) groups is 1. The van der Waals surface area contributed by atoms with E-state index in [4.69, 9.17) is 10.5 Å². The summed E-state index contributed by atoms with van der Waals surface area (Å²) in [6.07, 6.45) is 0.573. The van der Waals surface area contributed by atoms with Gasteiger partial charge in [-0.15, -0.1) is 11.3 Å². The Labute approximate surface area is 132 Å². The predicted molar refractivity (Wildman–Crippen MR) is 85.0 cm³/mol. The first-order valence-electron chi connectivity index (χ1n) is 6.91. The standard InChI is InChI=1S/C15H18FN3O2S/c1-9(2)21-10-3-4-12(11(16)7-10)19-15(20)13-8-22-14(18-13)5-6-17/h3-4,7-9H,5-6,17H2,1-2H3,(H,19,20). The Kier molecular flexibility index (Phi) is 5.46. The number of hydrogen-bond acceptors (Lipinski definition) is 5. The summed E-state index contributed by atoms with van der Waals surface area (Å²) in [5.74, 6) is -0.579. The summed E-state index contributed by atoms with van der Waals surface area (Å²) in [6, 6.07) is 4.33. The van der Waals surface area contributed by atoms with E-state index < -0.39 is 11.7 Å². The third-order valence-corrected chi connectivity index (χ3v) is 3.61. The van der Waals surface area contributed by atoms with Crippen LogP contribution in [-0.2, 0) is 6.42 Å². The van der Waals surface area contributed by atoms with Crippen LogP contribution in [0.1, 0.15) is 29.3 Å². The van der Waals surface area contributed by atoms with E-state index in [-0.39, 0.29) is 17.5 Å². The lowest BCUT2D eigenvalue weighted by Gasteiger charge is -2.11. The number of rotatable bonds is 6. The molecule has 5 nitrogen and oxygen atoms in total. The summed E-state index contributed by atoms with van der Waals surface area (Å²) in [4.78, 5) is 16.2. The van der Waals surface area contributed by atoms with E-state index in [0.717, 1.165) is 5.01 Å². The smallest absolute Gasteiger partial charge is 0.275 e. The first-order chi connectivity index (χ1) is 10.5. The van der Waals surface area contributed by atoms with Gasteiger partial charge in [-0.25, -0.2) is 9.37 Å². The van der Waals surface area contributed by atoms with Crippen molar-refractivity contribution in [1.82, 2.24) is 4.98 Å². The number of carbonyl (C=O) groups excluding carboxylic acids is 1. The minimum Gasteiger partial charge on any atom is -0.491 e. The largest absolute Gasteiger partial charge is 0.491 e. The zero-order chi connectivity index (χ0) is 16.1. The lowest BCUT2D eigenvalue weighted by Crippen LogP contribution is -2.14. The van der Waals surface area contributed by atoms with Crippen LogP contribution >= 0.6 is 11.3 Å². The quantitative estimate of drug-likeness (QED) is 0.857. The van der Waals surface area contributed by atoms with E-state index in [1.807, 2.05) is 13.8 Å². The molecule has 2 rings (SSSR count). The van der Waals surface area contributed by atoms with E-state index in [1.165, 1.54) is 23.5 Å². The number of nitrogens with zero attached hydrogens (tertiary/aromatic N) is 1. The Balaban J connectivity index is 2.07. The van der Waals surface area contributed by atoms with Gasteiger partial charge in [0.15, 0.2) is 0 Å². The molecule has 3 N–H and O–H groups in total. The number of nitrogens with one attached hydrogen (secondary N) is 1. The van der Waals surface area contributed by atoms with Crippen molar-refractivity contribution in [3.8, 4) is 5.75 Å². The molecule has 0 fully saturated rings. The maximum Gasteiger partial charge on any atom is 0.275 e. The van der Waals surface area contributed by atoms with Gasteiger partial charge in [0.1, 0.15) is 17.3 Å². The summed E-state index contributed by atoms with van der Waals surface area (Å²) in [6.45, 7) is 4.18. The summed E-state index contributed by atoms with van der Waals surface area (Å²) in [5, 5.41) is 4.93. The monoisotopic (exact) mass is 323 g/mol. The molecule has 0 spiro atoms. The Morgan fingerprint density at radius 1 is 1.50 bits per heavy atom. The van der Waals surface area contributed by atoms with Gasteiger partial charge in [-0.05, 0) is 32.5 Å². The summed E-state index contributed by atoms with van der Waals surface area (Å²) in [7, 11) is 0. The maximum atomic E-state index is 14.0. The molecule has 1 heterocycles. The van der Waals surface area contributed by atoms with Gasteiger partial charge in [0.25, 0.3) is 5.91 Å². The molecule has 0 aliphatic heterocycles. The van der Waals surface area contributed by atoms with Crippen LogP contribution in [0, 0.1) is 5.82 Å². The third kappa shape index (κ3) is 4.25. The number of anilines is 1. The van der Waals surface area contributed by atoms with Crippen LogP contribution in [0.4, 0.5) is 10.1 Å². The average molecular weight is 323 g/mol. The second kappa shape index (κ2) is 7.33. The number of halogens is 1. The van der Waals surface area contributed by atoms with Crippen molar-refractivity contribution in [3.05, 3.63) is 40.1 Å². The number of hydrogen-bond donors (Lipinski definition) is 2. The molecular weight excluding hydrogens is 305 g/mol. The fourth-order valence-corrected chi connectivity index (χ4v) is 2.58. The second-order valence-corrected chi connectivity index (χ2v) is 5.87. The number of benzene rings is 1. The number of amides is 1. The third-order valence-electron chi connectivity index (χ3n) is 2.70. The van der Waals surface area contributed by atoms with Crippen LogP contribution in [-0.4, -0.2) is 23.5 Å². The van der Waals surface area contributed by atoms with Gasteiger partial charge >= 0.3 is 0 Å². The number of nitrogens with two attached hydrogens (primary N) is 1. The number of thiazole rings is 1. The molecule has 0 aliphatic rings. The van der Waals surface area contributed by atoms with E-state index in [2.05, 4.69) is 10.3 Å². The molecule has 1 aromatic heterocycles. The summed E-state index contributed by atoms with van der Waals surface area (Å²) in [5.41, 5.74) is 5.79. The van der Waals surface area contributed by atoms with Crippen LogP contribution in [0.25, 0.3) is 0 Å². The minimum atomic E-state index is -0.552. The van der Waals surface area contributed by atoms with Crippen LogP contribution in [0.2, 0.25) is 0 Å². The molecule has 1 aromatic carbocycles. The van der Waals surface area contributed by atoms with Crippen molar-refractivity contribution < 1.29 is 13.9 Å². The minimum absolute atomic E-state index is 0.0455. The van der Waals surface area contributed by atoms with Gasteiger partial charge in [0.2, 0.25) is 0 Å². The fraction of sp³-hybridized carbons (Fsp3) is 0.333. The molecule has 2 aromatic rings. The summed E-state index contributed by atoms with van der Waals surface area (Å²) >= 11 is 1.36. The molecule has 0 aliphatic carbocycles. The molecule has 7 heteroatoms. The van der Waals surface area contributed by atoms with Crippen molar-refractivity contribution in [2.45, 2.75) is 26.4 Å². The first-order valence-corrected chi connectivity index (χ1v) is 7.79. The van der Waals surface area contributed by atoms with Crippen molar-refractivity contribution in [1.29, 1.82) is 0 Å². The second-order valence-electron chi connectivity index (χ2n) is 4.93. The average Bonchev–Trinajstić information content (AvgIpc) is 2.90. The highest BCUT2D eigenvalue weighted by molar-refractivity contribution is 7.09. The van der Waals surface area contributed by atoms with E-state index in [0.29, 0.717) is 18.7 Å². The van der Waals surface area contributed by atoms with E-state index in [1.54, 1.807) is 11.4 Å². The zero-order valence-electron chi connectivity index (χ0n) is 12.4. The van der Waals surface area contributed by atoms with Crippen LogP contribution in [0.3, 0.4) is 0 Å². The number of aromatic nitrogens is 1. The molecule has 0 atom stereocenters. The van der Waals surface area contributed by atoms with Crippen molar-refractivity contribution in [3.63, 3.8) is 0 Å².